The molecule has 0 aliphatic heterocycles. The molecule has 0 bridgehead atoms. The van der Waals surface area contributed by atoms with E-state index in [-0.39, 0.29) is 18.0 Å². The molecule has 1 aromatic rings. The van der Waals surface area contributed by atoms with Crippen molar-refractivity contribution in [3.8, 4) is 12.0 Å². The van der Waals surface area contributed by atoms with Gasteiger partial charge in [-0.25, -0.2) is 0 Å². The molecule has 0 radical (unpaired) electrons. The minimum Gasteiger partial charge on any atom is -0.467 e. The van der Waals surface area contributed by atoms with Gasteiger partial charge in [0.15, 0.2) is 0 Å². The van der Waals surface area contributed by atoms with Gasteiger partial charge in [0.25, 0.3) is 0 Å². The van der Waals surface area contributed by atoms with Crippen molar-refractivity contribution in [1.82, 2.24) is 15.0 Å². The lowest BCUT2D eigenvalue weighted by atomic mass is 10.0. The fraction of sp³-hybridized carbons (Fsp3) is 0.667. The molecule has 9 nitrogen and oxygen atoms in total. The van der Waals surface area contributed by atoms with Gasteiger partial charge >= 0.3 is 12.0 Å². The zero-order valence-electron chi connectivity index (χ0n) is 10.1. The largest absolute Gasteiger partial charge is 0.467 e. The highest BCUT2D eigenvalue weighted by Crippen LogP contribution is 2.16. The molecular formula is C9H16N4O5. The van der Waals surface area contributed by atoms with Gasteiger partial charge in [-0.05, 0) is 0 Å². The lowest BCUT2D eigenvalue weighted by Crippen LogP contribution is -2.49. The first-order valence-electron chi connectivity index (χ1n) is 5.08. The highest BCUT2D eigenvalue weighted by atomic mass is 16.5. The second-order valence-electron chi connectivity index (χ2n) is 3.51. The van der Waals surface area contributed by atoms with Gasteiger partial charge in [-0.3, -0.25) is 0 Å². The Morgan fingerprint density at radius 2 is 1.39 bits per heavy atom. The van der Waals surface area contributed by atoms with Gasteiger partial charge in [-0.1, -0.05) is 0 Å². The van der Waals surface area contributed by atoms with E-state index in [9.17, 15) is 15.3 Å². The number of hydrogen-bond donors (Lipinski definition) is 4. The van der Waals surface area contributed by atoms with E-state index < -0.39 is 25.4 Å². The topological polar surface area (TPSA) is 130 Å². The summed E-state index contributed by atoms with van der Waals surface area (Å²) in [5.74, 6) is 0.0100. The first-order valence-corrected chi connectivity index (χ1v) is 5.08. The van der Waals surface area contributed by atoms with Crippen LogP contribution < -0.4 is 14.8 Å². The minimum absolute atomic E-state index is 0.00655. The predicted octanol–water partition coefficient (Wildman–Crippen LogP) is -1.98. The number of aromatic nitrogens is 3. The summed E-state index contributed by atoms with van der Waals surface area (Å²) in [5.41, 5.74) is -1.34. The van der Waals surface area contributed by atoms with Crippen LogP contribution in [0.15, 0.2) is 0 Å². The fourth-order valence-corrected chi connectivity index (χ4v) is 1.08. The smallest absolute Gasteiger partial charge is 0.324 e. The molecule has 0 saturated carbocycles. The van der Waals surface area contributed by atoms with Crippen LogP contribution in [0, 0.1) is 0 Å². The van der Waals surface area contributed by atoms with E-state index in [1.54, 1.807) is 0 Å². The Hall–Kier alpha value is -1.71. The Morgan fingerprint density at radius 3 is 1.72 bits per heavy atom. The van der Waals surface area contributed by atoms with Gasteiger partial charge in [-0.15, -0.1) is 4.98 Å². The molecule has 0 fully saturated rings. The fourth-order valence-electron chi connectivity index (χ4n) is 1.08. The van der Waals surface area contributed by atoms with Crippen LogP contribution >= 0.6 is 0 Å². The van der Waals surface area contributed by atoms with Gasteiger partial charge in [-0.2, -0.15) is 9.97 Å². The molecule has 0 aromatic carbocycles. The minimum atomic E-state index is -1.34. The summed E-state index contributed by atoms with van der Waals surface area (Å²) in [4.78, 5) is 11.5. The number of aliphatic hydroxyl groups excluding tert-OH is 3. The maximum absolute atomic E-state index is 9.17. The summed E-state index contributed by atoms with van der Waals surface area (Å²) < 4.78 is 9.69. The molecule has 102 valence electrons. The van der Waals surface area contributed by atoms with Crippen molar-refractivity contribution in [3.05, 3.63) is 0 Å². The molecule has 18 heavy (non-hydrogen) atoms. The molecule has 0 saturated heterocycles. The van der Waals surface area contributed by atoms with Crippen molar-refractivity contribution in [2.24, 2.45) is 0 Å². The number of aliphatic hydroxyl groups is 3. The van der Waals surface area contributed by atoms with E-state index in [2.05, 4.69) is 20.3 Å². The third kappa shape index (κ3) is 3.15. The lowest BCUT2D eigenvalue weighted by Gasteiger charge is -2.28. The van der Waals surface area contributed by atoms with Crippen LogP contribution in [0.3, 0.4) is 0 Å². The zero-order valence-corrected chi connectivity index (χ0v) is 10.1. The summed E-state index contributed by atoms with van der Waals surface area (Å²) in [7, 11) is 2.74. The highest BCUT2D eigenvalue weighted by Gasteiger charge is 2.29. The van der Waals surface area contributed by atoms with Crippen LogP contribution in [0.1, 0.15) is 0 Å². The maximum atomic E-state index is 9.17. The summed E-state index contributed by atoms with van der Waals surface area (Å²) >= 11 is 0. The Morgan fingerprint density at radius 1 is 0.944 bits per heavy atom. The van der Waals surface area contributed by atoms with Gasteiger partial charge in [0.05, 0.1) is 34.0 Å². The van der Waals surface area contributed by atoms with Crippen LogP contribution in [0.5, 0.6) is 12.0 Å². The van der Waals surface area contributed by atoms with Crippen LogP contribution in [-0.2, 0) is 0 Å². The third-order valence-corrected chi connectivity index (χ3v) is 2.24. The van der Waals surface area contributed by atoms with Crippen molar-refractivity contribution in [1.29, 1.82) is 0 Å². The van der Waals surface area contributed by atoms with E-state index in [1.165, 1.54) is 14.2 Å². The number of rotatable bonds is 7. The van der Waals surface area contributed by atoms with Crippen LogP contribution in [0.2, 0.25) is 0 Å². The van der Waals surface area contributed by atoms with Crippen LogP contribution in [0.4, 0.5) is 5.95 Å². The van der Waals surface area contributed by atoms with Crippen molar-refractivity contribution >= 4 is 5.95 Å². The lowest BCUT2D eigenvalue weighted by molar-refractivity contribution is 0.0826. The second-order valence-corrected chi connectivity index (χ2v) is 3.51. The average molecular weight is 260 g/mol. The van der Waals surface area contributed by atoms with Crippen molar-refractivity contribution < 1.29 is 24.8 Å². The molecular weight excluding hydrogens is 244 g/mol. The van der Waals surface area contributed by atoms with Crippen molar-refractivity contribution in [3.63, 3.8) is 0 Å². The van der Waals surface area contributed by atoms with Crippen molar-refractivity contribution in [2.45, 2.75) is 5.54 Å². The summed E-state index contributed by atoms with van der Waals surface area (Å²) in [5, 5.41) is 30.1. The van der Waals surface area contributed by atoms with Gasteiger partial charge in [0.2, 0.25) is 5.95 Å². The van der Waals surface area contributed by atoms with Crippen LogP contribution in [-0.4, -0.2) is 69.9 Å². The number of nitrogens with zero attached hydrogens (tertiary/aromatic N) is 3. The second kappa shape index (κ2) is 6.28. The summed E-state index contributed by atoms with van der Waals surface area (Å²) in [6, 6.07) is 0.0131. The average Bonchev–Trinajstić information content (AvgIpc) is 2.44. The molecule has 0 aliphatic carbocycles. The molecule has 0 atom stereocenters. The van der Waals surface area contributed by atoms with E-state index in [1.807, 2.05) is 0 Å². The standard InChI is InChI=1S/C9H16N4O5/c1-17-7-10-6(11-8(12-7)18-2)13-9(3-14,4-15)5-16/h14-16H,3-5H2,1-2H3,(H,10,11,12,13). The number of methoxy groups -OCH3 is 2. The monoisotopic (exact) mass is 260 g/mol. The van der Waals surface area contributed by atoms with Gasteiger partial charge < -0.3 is 30.1 Å². The Kier molecular flexibility index (Phi) is 5.01. The first-order chi connectivity index (χ1) is 8.62. The molecule has 4 N–H and O–H groups in total. The van der Waals surface area contributed by atoms with Gasteiger partial charge in [0.1, 0.15) is 5.54 Å². The molecule has 0 amide bonds. The van der Waals surface area contributed by atoms with E-state index in [0.717, 1.165) is 0 Å². The molecule has 0 spiro atoms. The van der Waals surface area contributed by atoms with Gasteiger partial charge in [0, 0.05) is 0 Å². The predicted molar refractivity (Wildman–Crippen MR) is 60.5 cm³/mol. The van der Waals surface area contributed by atoms with E-state index in [0.29, 0.717) is 0 Å². The van der Waals surface area contributed by atoms with Crippen molar-refractivity contribution in [2.75, 3.05) is 39.4 Å². The highest BCUT2D eigenvalue weighted by molar-refractivity contribution is 5.32. The maximum Gasteiger partial charge on any atom is 0.324 e. The van der Waals surface area contributed by atoms with Crippen LogP contribution in [0.25, 0.3) is 0 Å². The Bertz CT molecular complexity index is 355. The number of ether oxygens (including phenoxy) is 2. The molecule has 1 aromatic heterocycles. The normalized spacial score (nSPS) is 11.2. The molecule has 0 aliphatic rings. The molecule has 1 rings (SSSR count). The number of nitrogens with one attached hydrogen (secondary N) is 1. The number of hydrogen-bond acceptors (Lipinski definition) is 9. The molecule has 0 unspecified atom stereocenters. The molecule has 9 heteroatoms. The first kappa shape index (κ1) is 14.4. The number of anilines is 1. The van der Waals surface area contributed by atoms with E-state index in [4.69, 9.17) is 9.47 Å². The SMILES string of the molecule is COc1nc(NC(CO)(CO)CO)nc(OC)n1. The Balaban J connectivity index is 3.01. The quantitative estimate of drug-likeness (QED) is 0.440. The third-order valence-electron chi connectivity index (χ3n) is 2.24. The molecule has 1 heterocycles. The van der Waals surface area contributed by atoms with E-state index >= 15 is 0 Å². The summed E-state index contributed by atoms with van der Waals surface area (Å²) in [6.45, 7) is -1.51. The zero-order chi connectivity index (χ0) is 13.6. The Labute approximate surface area is 103 Å². The summed E-state index contributed by atoms with van der Waals surface area (Å²) in [6.07, 6.45) is 0.